The van der Waals surface area contributed by atoms with E-state index in [9.17, 15) is 10.1 Å². The van der Waals surface area contributed by atoms with E-state index in [1.165, 1.54) is 18.9 Å². The molecule has 1 aromatic rings. The molecule has 1 fully saturated rings. The van der Waals surface area contributed by atoms with Crippen molar-refractivity contribution in [2.45, 2.75) is 38.4 Å². The second-order valence-corrected chi connectivity index (χ2v) is 4.43. The molecule has 0 aliphatic heterocycles. The third-order valence-electron chi connectivity index (χ3n) is 3.25. The molecule has 18 heavy (non-hydrogen) atoms. The van der Waals surface area contributed by atoms with Crippen LogP contribution in [0.4, 0.5) is 11.4 Å². The SMILES string of the molecule is NNc1c(COC2CCCC2)cccc1[N+](=O)[O-]. The Bertz CT molecular complexity index is 431. The minimum atomic E-state index is -0.450. The van der Waals surface area contributed by atoms with Crippen LogP contribution >= 0.6 is 0 Å². The van der Waals surface area contributed by atoms with E-state index in [1.807, 2.05) is 0 Å². The molecule has 0 bridgehead atoms. The highest BCUT2D eigenvalue weighted by Crippen LogP contribution is 2.29. The number of benzene rings is 1. The molecule has 6 nitrogen and oxygen atoms in total. The summed E-state index contributed by atoms with van der Waals surface area (Å²) >= 11 is 0. The van der Waals surface area contributed by atoms with Crippen LogP contribution in [-0.2, 0) is 11.3 Å². The van der Waals surface area contributed by atoms with Crippen molar-refractivity contribution in [2.24, 2.45) is 5.84 Å². The summed E-state index contributed by atoms with van der Waals surface area (Å²) in [5, 5.41) is 10.9. The van der Waals surface area contributed by atoms with Crippen molar-refractivity contribution < 1.29 is 9.66 Å². The summed E-state index contributed by atoms with van der Waals surface area (Å²) < 4.78 is 5.75. The number of nitrogens with one attached hydrogen (secondary N) is 1. The molecule has 1 aliphatic carbocycles. The quantitative estimate of drug-likeness (QED) is 0.476. The highest BCUT2D eigenvalue weighted by molar-refractivity contribution is 5.65. The van der Waals surface area contributed by atoms with Crippen LogP contribution in [0.2, 0.25) is 0 Å². The molecule has 0 aromatic heterocycles. The third kappa shape index (κ3) is 2.77. The van der Waals surface area contributed by atoms with E-state index in [4.69, 9.17) is 10.6 Å². The van der Waals surface area contributed by atoms with E-state index in [0.29, 0.717) is 12.3 Å². The molecule has 1 saturated carbocycles. The number of nitro benzene ring substituents is 1. The zero-order valence-electron chi connectivity index (χ0n) is 10.1. The molecular formula is C12H17N3O3. The summed E-state index contributed by atoms with van der Waals surface area (Å²) in [5.74, 6) is 5.36. The number of nitrogens with two attached hydrogens (primary N) is 1. The number of nitro groups is 1. The van der Waals surface area contributed by atoms with Gasteiger partial charge in [-0.3, -0.25) is 16.0 Å². The first kappa shape index (κ1) is 12.8. The van der Waals surface area contributed by atoms with Gasteiger partial charge in [0, 0.05) is 11.6 Å². The Hall–Kier alpha value is -1.66. The number of nitrogen functional groups attached to an aromatic ring is 1. The van der Waals surface area contributed by atoms with Crippen LogP contribution in [0.15, 0.2) is 18.2 Å². The number of para-hydroxylation sites is 1. The van der Waals surface area contributed by atoms with Gasteiger partial charge in [-0.2, -0.15) is 0 Å². The monoisotopic (exact) mass is 251 g/mol. The van der Waals surface area contributed by atoms with Gasteiger partial charge >= 0.3 is 0 Å². The van der Waals surface area contributed by atoms with Gasteiger partial charge in [0.2, 0.25) is 0 Å². The van der Waals surface area contributed by atoms with Crippen LogP contribution in [0, 0.1) is 10.1 Å². The lowest BCUT2D eigenvalue weighted by atomic mass is 10.1. The number of anilines is 1. The molecule has 98 valence electrons. The first-order valence-electron chi connectivity index (χ1n) is 6.07. The Morgan fingerprint density at radius 2 is 2.17 bits per heavy atom. The van der Waals surface area contributed by atoms with Crippen molar-refractivity contribution in [3.8, 4) is 0 Å². The van der Waals surface area contributed by atoms with Crippen molar-refractivity contribution in [3.05, 3.63) is 33.9 Å². The van der Waals surface area contributed by atoms with E-state index in [-0.39, 0.29) is 11.8 Å². The van der Waals surface area contributed by atoms with Crippen LogP contribution in [0.1, 0.15) is 31.2 Å². The van der Waals surface area contributed by atoms with E-state index >= 15 is 0 Å². The largest absolute Gasteiger partial charge is 0.373 e. The summed E-state index contributed by atoms with van der Waals surface area (Å²) in [6, 6.07) is 4.86. The van der Waals surface area contributed by atoms with E-state index in [2.05, 4.69) is 5.43 Å². The standard InChI is InChI=1S/C12H17N3O3/c13-14-12-9(4-3-7-11(12)15(16)17)8-18-10-5-1-2-6-10/h3-4,7,10,14H,1-2,5-6,8,13H2. The first-order valence-corrected chi connectivity index (χ1v) is 6.07. The van der Waals surface area contributed by atoms with Crippen LogP contribution in [0.25, 0.3) is 0 Å². The van der Waals surface area contributed by atoms with Crippen LogP contribution in [0.3, 0.4) is 0 Å². The molecule has 0 saturated heterocycles. The van der Waals surface area contributed by atoms with Gasteiger partial charge in [0.15, 0.2) is 0 Å². The summed E-state index contributed by atoms with van der Waals surface area (Å²) in [5.41, 5.74) is 3.43. The van der Waals surface area contributed by atoms with Gasteiger partial charge in [-0.1, -0.05) is 25.0 Å². The van der Waals surface area contributed by atoms with E-state index < -0.39 is 4.92 Å². The molecule has 0 heterocycles. The number of nitrogens with zero attached hydrogens (tertiary/aromatic N) is 1. The highest BCUT2D eigenvalue weighted by atomic mass is 16.6. The normalized spacial score (nSPS) is 15.8. The maximum atomic E-state index is 10.9. The predicted molar refractivity (Wildman–Crippen MR) is 68.0 cm³/mol. The van der Waals surface area contributed by atoms with Gasteiger partial charge in [0.1, 0.15) is 5.69 Å². The number of ether oxygens (including phenoxy) is 1. The zero-order chi connectivity index (χ0) is 13.0. The number of rotatable bonds is 5. The minimum absolute atomic E-state index is 0.0231. The lowest BCUT2D eigenvalue weighted by molar-refractivity contribution is -0.384. The van der Waals surface area contributed by atoms with Crippen molar-refractivity contribution in [3.63, 3.8) is 0 Å². The third-order valence-corrected chi connectivity index (χ3v) is 3.25. The van der Waals surface area contributed by atoms with Gasteiger partial charge in [-0.15, -0.1) is 0 Å². The van der Waals surface area contributed by atoms with Gasteiger partial charge < -0.3 is 10.2 Å². The maximum absolute atomic E-state index is 10.9. The lowest BCUT2D eigenvalue weighted by Crippen LogP contribution is -2.14. The molecule has 1 aromatic carbocycles. The fourth-order valence-electron chi connectivity index (χ4n) is 2.29. The lowest BCUT2D eigenvalue weighted by Gasteiger charge is -2.13. The number of hydrogen-bond donors (Lipinski definition) is 2. The second kappa shape index (κ2) is 5.79. The Balaban J connectivity index is 2.11. The molecule has 0 spiro atoms. The van der Waals surface area contributed by atoms with Crippen LogP contribution in [-0.4, -0.2) is 11.0 Å². The maximum Gasteiger partial charge on any atom is 0.294 e. The van der Waals surface area contributed by atoms with Crippen molar-refractivity contribution in [1.29, 1.82) is 0 Å². The fourth-order valence-corrected chi connectivity index (χ4v) is 2.29. The van der Waals surface area contributed by atoms with Gasteiger partial charge in [-0.25, -0.2) is 0 Å². The Morgan fingerprint density at radius 3 is 2.78 bits per heavy atom. The number of hydrazine groups is 1. The molecule has 3 N–H and O–H groups in total. The van der Waals surface area contributed by atoms with Crippen LogP contribution < -0.4 is 11.3 Å². The molecule has 1 aliphatic rings. The Morgan fingerprint density at radius 1 is 1.44 bits per heavy atom. The van der Waals surface area contributed by atoms with Gasteiger partial charge in [-0.05, 0) is 12.8 Å². The fraction of sp³-hybridized carbons (Fsp3) is 0.500. The predicted octanol–water partition coefficient (Wildman–Crippen LogP) is 2.34. The Kier molecular flexibility index (Phi) is 4.11. The summed E-state index contributed by atoms with van der Waals surface area (Å²) in [6.45, 7) is 0.353. The van der Waals surface area contributed by atoms with Crippen LogP contribution in [0.5, 0.6) is 0 Å². The smallest absolute Gasteiger partial charge is 0.294 e. The van der Waals surface area contributed by atoms with Crippen molar-refractivity contribution in [2.75, 3.05) is 5.43 Å². The molecular weight excluding hydrogens is 234 g/mol. The first-order chi connectivity index (χ1) is 8.72. The topological polar surface area (TPSA) is 90.4 Å². The van der Waals surface area contributed by atoms with Gasteiger partial charge in [0.05, 0.1) is 17.6 Å². The van der Waals surface area contributed by atoms with Crippen molar-refractivity contribution >= 4 is 11.4 Å². The molecule has 0 atom stereocenters. The molecule has 6 heteroatoms. The Labute approximate surface area is 105 Å². The summed E-state index contributed by atoms with van der Waals surface area (Å²) in [4.78, 5) is 10.4. The van der Waals surface area contributed by atoms with E-state index in [1.54, 1.807) is 12.1 Å². The minimum Gasteiger partial charge on any atom is -0.373 e. The zero-order valence-corrected chi connectivity index (χ0v) is 10.1. The highest BCUT2D eigenvalue weighted by Gasteiger charge is 2.19. The van der Waals surface area contributed by atoms with E-state index in [0.717, 1.165) is 18.4 Å². The summed E-state index contributed by atoms with van der Waals surface area (Å²) in [7, 11) is 0. The molecule has 0 amide bonds. The number of hydrogen-bond acceptors (Lipinski definition) is 5. The molecule has 0 radical (unpaired) electrons. The molecule has 0 unspecified atom stereocenters. The second-order valence-electron chi connectivity index (χ2n) is 4.43. The average Bonchev–Trinajstić information content (AvgIpc) is 2.88. The summed E-state index contributed by atoms with van der Waals surface area (Å²) in [6.07, 6.45) is 4.80. The van der Waals surface area contributed by atoms with Crippen molar-refractivity contribution in [1.82, 2.24) is 0 Å². The molecule has 2 rings (SSSR count). The average molecular weight is 251 g/mol. The van der Waals surface area contributed by atoms with Gasteiger partial charge in [0.25, 0.3) is 5.69 Å².